The van der Waals surface area contributed by atoms with Crippen LogP contribution in [-0.4, -0.2) is 48.7 Å². The Morgan fingerprint density at radius 1 is 0.970 bits per heavy atom. The summed E-state index contributed by atoms with van der Waals surface area (Å²) in [6.07, 6.45) is 2.70. The summed E-state index contributed by atoms with van der Waals surface area (Å²) in [4.78, 5) is 22.7. The smallest absolute Gasteiger partial charge is 0.258 e. The maximum atomic E-state index is 13.6. The molecular formula is C21H24F5N5O2. The van der Waals surface area contributed by atoms with Gasteiger partial charge in [0.2, 0.25) is 29.1 Å². The molecular weight excluding hydrogens is 449 g/mol. The Hall–Kier alpha value is -3.18. The Kier molecular flexibility index (Phi) is 7.54. The SMILES string of the molecule is Cc1nc(NC2CCC(NC(=O)COc3c(F)c(F)c(F)c(F)c3F)CC2)cc(N(C)C)n1. The number of carbonyl (C=O) groups is 1. The third-order valence-corrected chi connectivity index (χ3v) is 5.24. The molecule has 33 heavy (non-hydrogen) atoms. The Morgan fingerprint density at radius 3 is 2.09 bits per heavy atom. The zero-order chi connectivity index (χ0) is 24.3. The molecule has 0 bridgehead atoms. The lowest BCUT2D eigenvalue weighted by Gasteiger charge is -2.30. The summed E-state index contributed by atoms with van der Waals surface area (Å²) < 4.78 is 71.4. The second-order valence-electron chi connectivity index (χ2n) is 8.00. The van der Waals surface area contributed by atoms with E-state index in [-0.39, 0.29) is 12.1 Å². The number of carbonyl (C=O) groups excluding carboxylic acids is 1. The molecule has 12 heteroatoms. The fourth-order valence-electron chi connectivity index (χ4n) is 3.56. The predicted octanol–water partition coefficient (Wildman–Crippen LogP) is 3.46. The number of hydrogen-bond acceptors (Lipinski definition) is 6. The molecule has 1 saturated carbocycles. The molecule has 0 aliphatic heterocycles. The molecule has 1 aliphatic rings. The van der Waals surface area contributed by atoms with Crippen LogP contribution < -0.4 is 20.3 Å². The van der Waals surface area contributed by atoms with Crippen molar-refractivity contribution in [1.82, 2.24) is 15.3 Å². The van der Waals surface area contributed by atoms with Gasteiger partial charge in [0.1, 0.15) is 17.5 Å². The molecule has 1 aromatic carbocycles. The van der Waals surface area contributed by atoms with Gasteiger partial charge < -0.3 is 20.3 Å². The first-order valence-electron chi connectivity index (χ1n) is 10.3. The van der Waals surface area contributed by atoms with Gasteiger partial charge in [0.15, 0.2) is 12.4 Å². The van der Waals surface area contributed by atoms with Crippen LogP contribution in [0.4, 0.5) is 33.6 Å². The predicted molar refractivity (Wildman–Crippen MR) is 111 cm³/mol. The molecule has 1 fully saturated rings. The summed E-state index contributed by atoms with van der Waals surface area (Å²) in [7, 11) is 3.77. The molecule has 7 nitrogen and oxygen atoms in total. The minimum Gasteiger partial charge on any atom is -0.477 e. The summed E-state index contributed by atoms with van der Waals surface area (Å²) >= 11 is 0. The third kappa shape index (κ3) is 5.79. The highest BCUT2D eigenvalue weighted by Crippen LogP contribution is 2.29. The molecule has 1 aromatic heterocycles. The van der Waals surface area contributed by atoms with E-state index in [1.165, 1.54) is 0 Å². The number of nitrogens with one attached hydrogen (secondary N) is 2. The van der Waals surface area contributed by atoms with Crippen molar-refractivity contribution in [1.29, 1.82) is 0 Å². The van der Waals surface area contributed by atoms with Gasteiger partial charge in [0.05, 0.1) is 0 Å². The van der Waals surface area contributed by atoms with E-state index >= 15 is 0 Å². The first kappa shape index (κ1) is 24.5. The van der Waals surface area contributed by atoms with Gasteiger partial charge >= 0.3 is 0 Å². The molecule has 180 valence electrons. The summed E-state index contributed by atoms with van der Waals surface area (Å²) in [5.41, 5.74) is 0. The number of halogens is 5. The number of benzene rings is 1. The summed E-state index contributed by atoms with van der Waals surface area (Å²) in [5.74, 6) is -10.9. The zero-order valence-electron chi connectivity index (χ0n) is 18.3. The largest absolute Gasteiger partial charge is 0.477 e. The topological polar surface area (TPSA) is 79.4 Å². The standard InChI is InChI=1S/C21H24F5N5O2/c1-10-27-13(8-14(28-10)31(2)3)29-11-4-6-12(7-5-11)30-15(32)9-33-21-19(25)17(23)16(22)18(24)20(21)26/h8,11-12H,4-7,9H2,1-3H3,(H,30,32)(H,27,28,29). The summed E-state index contributed by atoms with van der Waals surface area (Å²) in [6.45, 7) is 0.920. The van der Waals surface area contributed by atoms with Crippen LogP contribution in [0.3, 0.4) is 0 Å². The normalized spacial score (nSPS) is 18.1. The van der Waals surface area contributed by atoms with Gasteiger partial charge in [-0.15, -0.1) is 0 Å². The van der Waals surface area contributed by atoms with Gasteiger partial charge in [-0.2, -0.15) is 8.78 Å². The monoisotopic (exact) mass is 473 g/mol. The Bertz CT molecular complexity index is 1000. The van der Waals surface area contributed by atoms with Gasteiger partial charge in [0, 0.05) is 32.2 Å². The number of aromatic nitrogens is 2. The number of amides is 1. The van der Waals surface area contributed by atoms with Crippen LogP contribution in [0.1, 0.15) is 31.5 Å². The molecule has 0 atom stereocenters. The lowest BCUT2D eigenvalue weighted by molar-refractivity contribution is -0.124. The van der Waals surface area contributed by atoms with E-state index < -0.39 is 47.3 Å². The van der Waals surface area contributed by atoms with Crippen molar-refractivity contribution in [2.24, 2.45) is 0 Å². The number of ether oxygens (including phenoxy) is 1. The van der Waals surface area contributed by atoms with Crippen LogP contribution in [-0.2, 0) is 4.79 Å². The lowest BCUT2D eigenvalue weighted by Crippen LogP contribution is -2.42. The first-order valence-corrected chi connectivity index (χ1v) is 10.3. The van der Waals surface area contributed by atoms with Gasteiger partial charge in [-0.3, -0.25) is 4.79 Å². The van der Waals surface area contributed by atoms with Gasteiger partial charge in [0.25, 0.3) is 5.91 Å². The van der Waals surface area contributed by atoms with Gasteiger partial charge in [-0.1, -0.05) is 0 Å². The average molecular weight is 473 g/mol. The second kappa shape index (κ2) is 10.2. The van der Waals surface area contributed by atoms with E-state index in [2.05, 4.69) is 25.3 Å². The van der Waals surface area contributed by atoms with Crippen molar-refractivity contribution < 1.29 is 31.5 Å². The third-order valence-electron chi connectivity index (χ3n) is 5.24. The zero-order valence-corrected chi connectivity index (χ0v) is 18.3. The number of anilines is 2. The fourth-order valence-corrected chi connectivity index (χ4v) is 3.56. The van der Waals surface area contributed by atoms with Crippen molar-refractivity contribution in [3.05, 3.63) is 41.0 Å². The minimum atomic E-state index is -2.29. The van der Waals surface area contributed by atoms with Gasteiger partial charge in [-0.05, 0) is 32.6 Å². The van der Waals surface area contributed by atoms with Crippen molar-refractivity contribution in [2.75, 3.05) is 30.9 Å². The highest BCUT2D eigenvalue weighted by Gasteiger charge is 2.28. The van der Waals surface area contributed by atoms with Crippen molar-refractivity contribution in [3.63, 3.8) is 0 Å². The lowest BCUT2D eigenvalue weighted by atomic mass is 9.91. The molecule has 1 heterocycles. The van der Waals surface area contributed by atoms with Crippen LogP contribution in [0, 0.1) is 36.0 Å². The maximum Gasteiger partial charge on any atom is 0.258 e. The van der Waals surface area contributed by atoms with Gasteiger partial charge in [-0.25, -0.2) is 23.1 Å². The quantitative estimate of drug-likeness (QED) is 0.364. The van der Waals surface area contributed by atoms with Crippen molar-refractivity contribution in [3.8, 4) is 5.75 Å². The molecule has 0 saturated heterocycles. The van der Waals surface area contributed by atoms with E-state index in [9.17, 15) is 26.7 Å². The highest BCUT2D eigenvalue weighted by molar-refractivity contribution is 5.77. The molecule has 0 radical (unpaired) electrons. The number of aryl methyl sites for hydroxylation is 1. The summed E-state index contributed by atoms with van der Waals surface area (Å²) in [5, 5.41) is 6.02. The van der Waals surface area contributed by atoms with Crippen LogP contribution in [0.2, 0.25) is 0 Å². The van der Waals surface area contributed by atoms with E-state index in [1.54, 1.807) is 6.92 Å². The Labute approximate surface area is 187 Å². The van der Waals surface area contributed by atoms with Crippen molar-refractivity contribution in [2.45, 2.75) is 44.7 Å². The fraction of sp³-hybridized carbons (Fsp3) is 0.476. The van der Waals surface area contributed by atoms with E-state index in [0.29, 0.717) is 24.5 Å². The maximum absolute atomic E-state index is 13.6. The van der Waals surface area contributed by atoms with Crippen LogP contribution in [0.25, 0.3) is 0 Å². The van der Waals surface area contributed by atoms with Crippen LogP contribution >= 0.6 is 0 Å². The van der Waals surface area contributed by atoms with E-state index in [1.807, 2.05) is 25.1 Å². The molecule has 3 rings (SSSR count). The Balaban J connectivity index is 1.49. The minimum absolute atomic E-state index is 0.132. The highest BCUT2D eigenvalue weighted by atomic mass is 19.2. The second-order valence-corrected chi connectivity index (χ2v) is 8.00. The molecule has 2 aromatic rings. The number of nitrogens with zero attached hydrogens (tertiary/aromatic N) is 3. The molecule has 2 N–H and O–H groups in total. The van der Waals surface area contributed by atoms with E-state index in [4.69, 9.17) is 0 Å². The molecule has 0 spiro atoms. The van der Waals surface area contributed by atoms with Crippen molar-refractivity contribution >= 4 is 17.5 Å². The first-order chi connectivity index (χ1) is 15.6. The van der Waals surface area contributed by atoms with E-state index in [0.717, 1.165) is 18.7 Å². The number of hydrogen-bond donors (Lipinski definition) is 2. The summed E-state index contributed by atoms with van der Waals surface area (Å²) in [6, 6.07) is 1.77. The van der Waals surface area contributed by atoms with Crippen LogP contribution in [0.15, 0.2) is 6.07 Å². The number of rotatable bonds is 7. The van der Waals surface area contributed by atoms with Crippen LogP contribution in [0.5, 0.6) is 5.75 Å². The molecule has 0 unspecified atom stereocenters. The average Bonchev–Trinajstić information content (AvgIpc) is 2.77. The molecule has 1 amide bonds. The Morgan fingerprint density at radius 2 is 1.52 bits per heavy atom. The molecule has 1 aliphatic carbocycles.